The van der Waals surface area contributed by atoms with E-state index in [9.17, 15) is 0 Å². The van der Waals surface area contributed by atoms with E-state index in [1.165, 1.54) is 69.8 Å². The molecule has 4 nitrogen and oxygen atoms in total. The molecule has 0 aromatic rings. The summed E-state index contributed by atoms with van der Waals surface area (Å²) in [5.74, 6) is 3.72. The number of hydrogen-bond donors (Lipinski definition) is 2. The minimum atomic E-state index is 0.222. The molecule has 0 amide bonds. The maximum absolute atomic E-state index is 6.53. The minimum Gasteiger partial charge on any atom is -0.381 e. The zero-order chi connectivity index (χ0) is 29.0. The van der Waals surface area contributed by atoms with E-state index in [-0.39, 0.29) is 5.41 Å². The lowest BCUT2D eigenvalue weighted by atomic mass is 9.32. The first kappa shape index (κ1) is 31.0. The van der Waals surface area contributed by atoms with Crippen LogP contribution in [0.25, 0.3) is 0 Å². The molecule has 230 valence electrons. The Morgan fingerprint density at radius 2 is 1.50 bits per heavy atom. The molecule has 5 aliphatic carbocycles. The summed E-state index contributed by atoms with van der Waals surface area (Å²) in [7, 11) is 0. The molecule has 0 aromatic heterocycles. The van der Waals surface area contributed by atoms with Crippen LogP contribution in [0.5, 0.6) is 0 Å². The summed E-state index contributed by atoms with van der Waals surface area (Å²) >= 11 is 0. The topological polar surface area (TPSA) is 70.5 Å². The van der Waals surface area contributed by atoms with Gasteiger partial charge in [0.05, 0.1) is 12.7 Å². The number of allylic oxidation sites excluding steroid dienone is 1. The second-order valence-corrected chi connectivity index (χ2v) is 16.6. The lowest BCUT2D eigenvalue weighted by Crippen LogP contribution is -2.67. The highest BCUT2D eigenvalue weighted by molar-refractivity contribution is 5.21. The molecule has 0 heterocycles. The number of rotatable bonds is 10. The number of ether oxygens (including phenoxy) is 2. The molecule has 0 radical (unpaired) electrons. The molecule has 4 N–H and O–H groups in total. The molecule has 0 saturated heterocycles. The van der Waals surface area contributed by atoms with Crippen LogP contribution in [0.2, 0.25) is 0 Å². The Morgan fingerprint density at radius 1 is 0.775 bits per heavy atom. The predicted molar refractivity (Wildman–Crippen MR) is 167 cm³/mol. The van der Waals surface area contributed by atoms with Crippen LogP contribution in [0.1, 0.15) is 119 Å². The van der Waals surface area contributed by atoms with Crippen molar-refractivity contribution in [3.05, 3.63) is 12.2 Å². The van der Waals surface area contributed by atoms with Gasteiger partial charge in [0.1, 0.15) is 0 Å². The SMILES string of the molecule is C=C(C)[C@@H]1CC[C@]2(COCCCN)CC[C@]3(C)[C@H](CC[C@@H]4[C@@]5(C)CC[C@H](OCCCN)C(C)(C)[C@@H]5CC[C@]43C)[C@@H]12. The molecule has 40 heavy (non-hydrogen) atoms. The second kappa shape index (κ2) is 11.3. The third kappa shape index (κ3) is 4.60. The first-order valence-corrected chi connectivity index (χ1v) is 17.2. The van der Waals surface area contributed by atoms with Crippen LogP contribution in [0.15, 0.2) is 12.2 Å². The van der Waals surface area contributed by atoms with Gasteiger partial charge in [0.15, 0.2) is 0 Å². The third-order valence-electron chi connectivity index (χ3n) is 14.7. The Hall–Kier alpha value is -0.420. The highest BCUT2D eigenvalue weighted by atomic mass is 16.5. The lowest BCUT2D eigenvalue weighted by Gasteiger charge is -2.73. The van der Waals surface area contributed by atoms with Crippen molar-refractivity contribution >= 4 is 0 Å². The Bertz CT molecular complexity index is 918. The van der Waals surface area contributed by atoms with Gasteiger partial charge >= 0.3 is 0 Å². The molecule has 10 atom stereocenters. The zero-order valence-corrected chi connectivity index (χ0v) is 27.2. The van der Waals surface area contributed by atoms with Crippen molar-refractivity contribution in [2.45, 2.75) is 125 Å². The van der Waals surface area contributed by atoms with Gasteiger partial charge in [-0.2, -0.15) is 0 Å². The van der Waals surface area contributed by atoms with E-state index in [0.717, 1.165) is 69.4 Å². The van der Waals surface area contributed by atoms with Gasteiger partial charge in [-0.15, -0.1) is 0 Å². The molecule has 5 rings (SSSR count). The van der Waals surface area contributed by atoms with Crippen LogP contribution in [0, 0.1) is 56.7 Å². The van der Waals surface area contributed by atoms with Crippen molar-refractivity contribution in [3.8, 4) is 0 Å². The lowest BCUT2D eigenvalue weighted by molar-refractivity contribution is -0.253. The highest BCUT2D eigenvalue weighted by Gasteiger charge is 2.70. The van der Waals surface area contributed by atoms with Crippen LogP contribution < -0.4 is 11.5 Å². The highest BCUT2D eigenvalue weighted by Crippen LogP contribution is 2.77. The Balaban J connectivity index is 1.42. The number of nitrogens with two attached hydrogens (primary N) is 2. The fraction of sp³-hybridized carbons (Fsp3) is 0.944. The molecule has 5 fully saturated rings. The predicted octanol–water partition coefficient (Wildman–Crippen LogP) is 7.74. The van der Waals surface area contributed by atoms with Gasteiger partial charge in [0.2, 0.25) is 0 Å². The van der Waals surface area contributed by atoms with E-state index >= 15 is 0 Å². The van der Waals surface area contributed by atoms with E-state index in [0.29, 0.717) is 33.7 Å². The second-order valence-electron chi connectivity index (χ2n) is 16.6. The molecule has 0 aliphatic heterocycles. The summed E-state index contributed by atoms with van der Waals surface area (Å²) in [6.45, 7) is 24.2. The van der Waals surface area contributed by atoms with Gasteiger partial charge in [0.25, 0.3) is 0 Å². The van der Waals surface area contributed by atoms with Gasteiger partial charge < -0.3 is 20.9 Å². The molecule has 0 aromatic carbocycles. The van der Waals surface area contributed by atoms with Crippen LogP contribution in [0.4, 0.5) is 0 Å². The fourth-order valence-electron chi connectivity index (χ4n) is 12.6. The molecule has 0 bridgehead atoms. The quantitative estimate of drug-likeness (QED) is 0.213. The Kier molecular flexibility index (Phi) is 8.73. The molecule has 0 unspecified atom stereocenters. The van der Waals surface area contributed by atoms with Crippen molar-refractivity contribution in [2.75, 3.05) is 32.9 Å². The van der Waals surface area contributed by atoms with Gasteiger partial charge in [-0.1, -0.05) is 46.8 Å². The summed E-state index contributed by atoms with van der Waals surface area (Å²) < 4.78 is 12.9. The summed E-state index contributed by atoms with van der Waals surface area (Å²) in [5.41, 5.74) is 14.8. The molecular formula is C36H64N2O2. The summed E-state index contributed by atoms with van der Waals surface area (Å²) in [4.78, 5) is 0. The largest absolute Gasteiger partial charge is 0.381 e. The van der Waals surface area contributed by atoms with Crippen molar-refractivity contribution in [2.24, 2.45) is 68.1 Å². The molecular weight excluding hydrogens is 492 g/mol. The maximum atomic E-state index is 6.53. The van der Waals surface area contributed by atoms with E-state index < -0.39 is 0 Å². The molecule has 0 spiro atoms. The van der Waals surface area contributed by atoms with Gasteiger partial charge in [0, 0.05) is 13.2 Å². The van der Waals surface area contributed by atoms with Crippen molar-refractivity contribution < 1.29 is 9.47 Å². The van der Waals surface area contributed by atoms with Crippen LogP contribution in [-0.4, -0.2) is 39.0 Å². The van der Waals surface area contributed by atoms with Crippen LogP contribution in [0.3, 0.4) is 0 Å². The van der Waals surface area contributed by atoms with E-state index in [1.807, 2.05) is 0 Å². The average Bonchev–Trinajstić information content (AvgIpc) is 3.28. The number of hydrogen-bond acceptors (Lipinski definition) is 4. The van der Waals surface area contributed by atoms with E-state index in [2.05, 4.69) is 48.1 Å². The van der Waals surface area contributed by atoms with Gasteiger partial charge in [-0.3, -0.25) is 0 Å². The minimum absolute atomic E-state index is 0.222. The molecule has 5 aliphatic rings. The first-order chi connectivity index (χ1) is 18.9. The van der Waals surface area contributed by atoms with E-state index in [4.69, 9.17) is 20.9 Å². The van der Waals surface area contributed by atoms with Crippen LogP contribution in [-0.2, 0) is 9.47 Å². The zero-order valence-electron chi connectivity index (χ0n) is 27.2. The summed E-state index contributed by atoms with van der Waals surface area (Å²) in [6.07, 6.45) is 15.7. The van der Waals surface area contributed by atoms with Gasteiger partial charge in [-0.05, 0) is 154 Å². The first-order valence-electron chi connectivity index (χ1n) is 17.2. The Labute approximate surface area is 247 Å². The average molecular weight is 557 g/mol. The summed E-state index contributed by atoms with van der Waals surface area (Å²) in [6, 6.07) is 0. The summed E-state index contributed by atoms with van der Waals surface area (Å²) in [5, 5.41) is 0. The third-order valence-corrected chi connectivity index (χ3v) is 14.7. The molecule has 4 heteroatoms. The molecule has 5 saturated carbocycles. The fourth-order valence-corrected chi connectivity index (χ4v) is 12.6. The van der Waals surface area contributed by atoms with E-state index in [1.54, 1.807) is 0 Å². The Morgan fingerprint density at radius 3 is 2.20 bits per heavy atom. The van der Waals surface area contributed by atoms with Crippen molar-refractivity contribution in [1.82, 2.24) is 0 Å². The number of fused-ring (bicyclic) bond motifs is 7. The standard InChI is InChI=1S/C36H64N2O2/c1-25(2)26-12-17-36(24-39-22-8-20-37)19-18-34(6)27(31(26)36)10-11-29-33(5)15-14-30(40-23-9-21-38)32(3,4)28(33)13-16-35(29,34)7/h26-31H,1,8-24,37-38H2,2-7H3/t26-,27+,28-,29+,30-,31+,33-,34+,35+,36+/m0/s1. The van der Waals surface area contributed by atoms with Crippen LogP contribution >= 0.6 is 0 Å². The van der Waals surface area contributed by atoms with Crippen molar-refractivity contribution in [3.63, 3.8) is 0 Å². The van der Waals surface area contributed by atoms with Gasteiger partial charge in [-0.25, -0.2) is 0 Å². The van der Waals surface area contributed by atoms with Crippen molar-refractivity contribution in [1.29, 1.82) is 0 Å². The monoisotopic (exact) mass is 556 g/mol. The normalized spacial score (nSPS) is 47.6. The maximum Gasteiger partial charge on any atom is 0.0629 e. The smallest absolute Gasteiger partial charge is 0.0629 e.